The highest BCUT2D eigenvalue weighted by atomic mass is 19.4. The average molecular weight is 443 g/mol. The molecule has 0 heterocycles. The second-order valence-electron chi connectivity index (χ2n) is 6.90. The fourth-order valence-corrected chi connectivity index (χ4v) is 3.22. The number of rotatable bonds is 6. The van der Waals surface area contributed by atoms with E-state index >= 15 is 0 Å². The van der Waals surface area contributed by atoms with Crippen molar-refractivity contribution in [3.05, 3.63) is 102 Å². The van der Waals surface area contributed by atoms with Crippen LogP contribution in [0.2, 0.25) is 0 Å². The fraction of sp³-hybridized carbons (Fsp3) is 0.130. The van der Waals surface area contributed by atoms with Crippen LogP contribution in [-0.4, -0.2) is 17.2 Å². The van der Waals surface area contributed by atoms with Crippen molar-refractivity contribution in [2.45, 2.75) is 18.3 Å². The molecule has 3 amide bonds. The van der Waals surface area contributed by atoms with Crippen molar-refractivity contribution in [2.75, 3.05) is 5.32 Å². The van der Waals surface area contributed by atoms with Crippen molar-refractivity contribution in [1.82, 2.24) is 10.6 Å². The van der Waals surface area contributed by atoms with Gasteiger partial charge in [-0.3, -0.25) is 0 Å². The number of hydrogen-bond donors (Lipinski definition) is 4. The van der Waals surface area contributed by atoms with Gasteiger partial charge >= 0.3 is 18.3 Å². The van der Waals surface area contributed by atoms with E-state index in [1.54, 1.807) is 60.7 Å². The maximum absolute atomic E-state index is 12.7. The van der Waals surface area contributed by atoms with Gasteiger partial charge in [-0.25, -0.2) is 9.59 Å². The summed E-state index contributed by atoms with van der Waals surface area (Å²) in [7, 11) is 0. The molecule has 6 nitrogen and oxygen atoms in total. The van der Waals surface area contributed by atoms with E-state index in [1.807, 2.05) is 0 Å². The van der Waals surface area contributed by atoms with Crippen LogP contribution in [0.5, 0.6) is 0 Å². The Morgan fingerprint density at radius 3 is 1.62 bits per heavy atom. The lowest BCUT2D eigenvalue weighted by atomic mass is 9.93. The molecule has 3 aromatic rings. The van der Waals surface area contributed by atoms with Crippen LogP contribution in [0.15, 0.2) is 84.9 Å². The number of carbonyl (C=O) groups is 2. The predicted octanol–water partition coefficient (Wildman–Crippen LogP) is 5.58. The lowest BCUT2D eigenvalue weighted by molar-refractivity contribution is -0.137. The molecule has 0 bridgehead atoms. The first-order chi connectivity index (χ1) is 15.2. The van der Waals surface area contributed by atoms with E-state index in [2.05, 4.69) is 16.0 Å². The van der Waals surface area contributed by atoms with E-state index in [0.29, 0.717) is 11.1 Å². The van der Waals surface area contributed by atoms with Gasteiger partial charge in [0.05, 0.1) is 17.6 Å². The molecule has 0 radical (unpaired) electrons. The normalized spacial score (nSPS) is 13.0. The number of benzene rings is 3. The van der Waals surface area contributed by atoms with Gasteiger partial charge in [0, 0.05) is 5.69 Å². The van der Waals surface area contributed by atoms with E-state index in [-0.39, 0.29) is 5.69 Å². The summed E-state index contributed by atoms with van der Waals surface area (Å²) >= 11 is 0. The first-order valence-corrected chi connectivity index (χ1v) is 9.58. The van der Waals surface area contributed by atoms with Gasteiger partial charge in [-0.15, -0.1) is 0 Å². The Hall–Kier alpha value is -4.01. The molecule has 9 heteroatoms. The minimum absolute atomic E-state index is 0.157. The quantitative estimate of drug-likeness (QED) is 0.401. The van der Waals surface area contributed by atoms with Crippen molar-refractivity contribution in [3.63, 3.8) is 0 Å². The summed E-state index contributed by atoms with van der Waals surface area (Å²) in [6.07, 6.45) is -5.75. The third-order valence-corrected chi connectivity index (χ3v) is 4.69. The van der Waals surface area contributed by atoms with Gasteiger partial charge in [0.2, 0.25) is 0 Å². The zero-order valence-corrected chi connectivity index (χ0v) is 16.6. The number of halogens is 3. The molecule has 2 unspecified atom stereocenters. The smallest absolute Gasteiger partial charge is 0.416 e. The molecule has 0 aliphatic rings. The molecule has 0 spiro atoms. The van der Waals surface area contributed by atoms with Crippen LogP contribution < -0.4 is 16.0 Å². The maximum Gasteiger partial charge on any atom is 0.416 e. The van der Waals surface area contributed by atoms with Crippen molar-refractivity contribution in [3.8, 4) is 0 Å². The summed E-state index contributed by atoms with van der Waals surface area (Å²) in [5.41, 5.74) is 0.585. The lowest BCUT2D eigenvalue weighted by Gasteiger charge is -2.29. The number of hydrogen-bond acceptors (Lipinski definition) is 2. The van der Waals surface area contributed by atoms with E-state index in [4.69, 9.17) is 0 Å². The van der Waals surface area contributed by atoms with Gasteiger partial charge in [-0.05, 0) is 35.4 Å². The Bertz CT molecular complexity index is 1040. The summed E-state index contributed by atoms with van der Waals surface area (Å²) < 4.78 is 38.2. The number of amides is 3. The molecule has 32 heavy (non-hydrogen) atoms. The summed E-state index contributed by atoms with van der Waals surface area (Å²) in [6, 6.07) is 19.2. The zero-order chi connectivity index (χ0) is 23.1. The average Bonchev–Trinajstić information content (AvgIpc) is 2.77. The van der Waals surface area contributed by atoms with Crippen LogP contribution in [0.25, 0.3) is 0 Å². The van der Waals surface area contributed by atoms with Crippen molar-refractivity contribution >= 4 is 17.8 Å². The molecule has 3 aromatic carbocycles. The second-order valence-corrected chi connectivity index (χ2v) is 6.90. The molecule has 166 valence electrons. The number of carboxylic acid groups (broad SMARTS) is 1. The van der Waals surface area contributed by atoms with Crippen LogP contribution in [0.4, 0.5) is 28.4 Å². The van der Waals surface area contributed by atoms with Gasteiger partial charge in [0.25, 0.3) is 0 Å². The van der Waals surface area contributed by atoms with Gasteiger partial charge < -0.3 is 21.1 Å². The van der Waals surface area contributed by atoms with Crippen molar-refractivity contribution in [2.24, 2.45) is 0 Å². The Morgan fingerprint density at radius 2 is 1.19 bits per heavy atom. The Labute approximate surface area is 182 Å². The van der Waals surface area contributed by atoms with Crippen LogP contribution >= 0.6 is 0 Å². The van der Waals surface area contributed by atoms with Crippen LogP contribution in [-0.2, 0) is 6.18 Å². The topological polar surface area (TPSA) is 90.5 Å². The minimum Gasteiger partial charge on any atom is -0.465 e. The Balaban J connectivity index is 1.85. The van der Waals surface area contributed by atoms with E-state index in [9.17, 15) is 27.9 Å². The van der Waals surface area contributed by atoms with E-state index in [0.717, 1.165) is 24.3 Å². The highest BCUT2D eigenvalue weighted by molar-refractivity contribution is 5.89. The summed E-state index contributed by atoms with van der Waals surface area (Å²) in [4.78, 5) is 24.2. The number of nitrogens with one attached hydrogen (secondary N) is 3. The number of urea groups is 1. The number of alkyl halides is 3. The monoisotopic (exact) mass is 443 g/mol. The van der Waals surface area contributed by atoms with Crippen LogP contribution in [0, 0.1) is 0 Å². The summed E-state index contributed by atoms with van der Waals surface area (Å²) in [5, 5.41) is 17.0. The molecule has 0 aliphatic carbocycles. The molecule has 0 fully saturated rings. The summed E-state index contributed by atoms with van der Waals surface area (Å²) in [5.74, 6) is 0. The highest BCUT2D eigenvalue weighted by Crippen LogP contribution is 2.31. The first-order valence-electron chi connectivity index (χ1n) is 9.58. The van der Waals surface area contributed by atoms with Gasteiger partial charge in [-0.2, -0.15) is 13.2 Å². The number of carbonyl (C=O) groups excluding carboxylic acids is 1. The molecular weight excluding hydrogens is 423 g/mol. The molecule has 0 saturated heterocycles. The summed E-state index contributed by atoms with van der Waals surface area (Å²) in [6.45, 7) is 0. The maximum atomic E-state index is 12.7. The Kier molecular flexibility index (Phi) is 6.99. The third kappa shape index (κ3) is 6.00. The highest BCUT2D eigenvalue weighted by Gasteiger charge is 2.30. The SMILES string of the molecule is O=C(O)NC(c1ccccc1)C(NC(=O)Nc1ccc(C(F)(F)F)cc1)c1ccccc1. The molecule has 0 aromatic heterocycles. The second kappa shape index (κ2) is 9.86. The third-order valence-electron chi connectivity index (χ3n) is 4.69. The largest absolute Gasteiger partial charge is 0.465 e. The van der Waals surface area contributed by atoms with Gasteiger partial charge in [0.15, 0.2) is 0 Å². The van der Waals surface area contributed by atoms with Gasteiger partial charge in [0.1, 0.15) is 0 Å². The molecule has 0 saturated carbocycles. The Morgan fingerprint density at radius 1 is 0.719 bits per heavy atom. The molecule has 0 aliphatic heterocycles. The first kappa shape index (κ1) is 22.7. The number of anilines is 1. The molecule has 2 atom stereocenters. The van der Waals surface area contributed by atoms with Crippen LogP contribution in [0.1, 0.15) is 28.8 Å². The molecule has 4 N–H and O–H groups in total. The van der Waals surface area contributed by atoms with Crippen molar-refractivity contribution in [1.29, 1.82) is 0 Å². The molecular formula is C23H20F3N3O3. The van der Waals surface area contributed by atoms with Crippen molar-refractivity contribution < 1.29 is 27.9 Å². The van der Waals surface area contributed by atoms with E-state index < -0.39 is 35.9 Å². The molecule has 3 rings (SSSR count). The zero-order valence-electron chi connectivity index (χ0n) is 16.6. The van der Waals surface area contributed by atoms with E-state index in [1.165, 1.54) is 0 Å². The van der Waals surface area contributed by atoms with Crippen LogP contribution in [0.3, 0.4) is 0 Å². The minimum atomic E-state index is -4.48. The fourth-order valence-electron chi connectivity index (χ4n) is 3.22. The van der Waals surface area contributed by atoms with Gasteiger partial charge in [-0.1, -0.05) is 60.7 Å². The predicted molar refractivity (Wildman–Crippen MR) is 113 cm³/mol. The standard InChI is InChI=1S/C23H20F3N3O3/c24-23(25,26)17-11-13-18(14-12-17)27-21(30)28-19(15-7-3-1-4-8-15)20(29-22(31)32)16-9-5-2-6-10-16/h1-14,19-20,29H,(H,31,32)(H2,27,28,30). The lowest BCUT2D eigenvalue weighted by Crippen LogP contribution is -2.41.